The first-order valence-corrected chi connectivity index (χ1v) is 16.5. The van der Waals surface area contributed by atoms with Crippen LogP contribution in [0.4, 0.5) is 48.3 Å². The Morgan fingerprint density at radius 1 is 1.04 bits per heavy atom. The smallest absolute Gasteiger partial charge is 0.416 e. The van der Waals surface area contributed by atoms with Crippen LogP contribution in [0.3, 0.4) is 0 Å². The van der Waals surface area contributed by atoms with Crippen LogP contribution in [0.5, 0.6) is 0 Å². The van der Waals surface area contributed by atoms with Crippen molar-refractivity contribution in [1.82, 2.24) is 4.98 Å². The molecule has 2 aromatic carbocycles. The van der Waals surface area contributed by atoms with E-state index in [4.69, 9.17) is 9.47 Å². The van der Waals surface area contributed by atoms with Gasteiger partial charge < -0.3 is 24.8 Å². The third kappa shape index (κ3) is 8.52. The number of alkyl halides is 6. The number of benzene rings is 2. The summed E-state index contributed by atoms with van der Waals surface area (Å²) in [5.74, 6) is -1.02. The number of carbonyl (C=O) groups is 2. The quantitative estimate of drug-likeness (QED) is 0.212. The van der Waals surface area contributed by atoms with Gasteiger partial charge >= 0.3 is 24.4 Å². The summed E-state index contributed by atoms with van der Waals surface area (Å²) in [6.45, 7) is 5.97. The number of hydrogen-bond acceptors (Lipinski definition) is 8. The molecule has 3 aromatic rings. The number of carbonyl (C=O) groups excluding carboxylic acids is 1. The summed E-state index contributed by atoms with van der Waals surface area (Å²) >= 11 is 0. The van der Waals surface area contributed by atoms with Gasteiger partial charge in [-0.25, -0.2) is 9.78 Å². The number of fused-ring (bicyclic) bond motifs is 1. The second kappa shape index (κ2) is 14.9. The van der Waals surface area contributed by atoms with Crippen molar-refractivity contribution in [2.24, 2.45) is 5.41 Å². The van der Waals surface area contributed by atoms with Crippen molar-refractivity contribution in [3.05, 3.63) is 82.0 Å². The van der Waals surface area contributed by atoms with E-state index in [0.29, 0.717) is 44.0 Å². The fourth-order valence-electron chi connectivity index (χ4n) is 6.20. The van der Waals surface area contributed by atoms with Crippen LogP contribution in [-0.4, -0.2) is 61.1 Å². The lowest BCUT2D eigenvalue weighted by Crippen LogP contribution is -2.47. The molecule has 0 aliphatic carbocycles. The van der Waals surface area contributed by atoms with Crippen LogP contribution in [0.15, 0.2) is 48.7 Å². The van der Waals surface area contributed by atoms with Gasteiger partial charge in [0.15, 0.2) is 0 Å². The summed E-state index contributed by atoms with van der Waals surface area (Å²) < 4.78 is 94.3. The second-order valence-electron chi connectivity index (χ2n) is 13.4. The van der Waals surface area contributed by atoms with Crippen LogP contribution in [0.2, 0.25) is 0 Å². The number of ether oxygens (including phenoxy) is 2. The molecule has 3 heterocycles. The lowest BCUT2D eigenvalue weighted by molar-refractivity contribution is -0.149. The van der Waals surface area contributed by atoms with E-state index in [-0.39, 0.29) is 41.0 Å². The molecule has 2 aliphatic heterocycles. The van der Waals surface area contributed by atoms with E-state index in [9.17, 15) is 46.3 Å². The summed E-state index contributed by atoms with van der Waals surface area (Å²) in [7, 11) is 0. The largest absolute Gasteiger partial charge is 0.481 e. The molecule has 0 radical (unpaired) electrons. The number of nitrogens with one attached hydrogen (secondary N) is 1. The monoisotopic (exact) mass is 733 g/mol. The zero-order chi connectivity index (χ0) is 38.0. The van der Waals surface area contributed by atoms with Gasteiger partial charge in [-0.15, -0.1) is 0 Å². The first kappa shape index (κ1) is 38.2. The molecule has 2 atom stereocenters. The van der Waals surface area contributed by atoms with E-state index in [1.54, 1.807) is 25.3 Å². The highest BCUT2D eigenvalue weighted by Gasteiger charge is 2.40. The number of nitrogens with zero attached hydrogens (tertiary/aromatic N) is 4. The molecule has 1 fully saturated rings. The van der Waals surface area contributed by atoms with Crippen molar-refractivity contribution in [2.75, 3.05) is 48.0 Å². The van der Waals surface area contributed by atoms with Gasteiger partial charge in [0, 0.05) is 31.1 Å². The second-order valence-corrected chi connectivity index (χ2v) is 13.4. The SMILES string of the molecule is CC[C@@H]1C[C@H](Nc2ncc(N3CCOCC3)cc2Cc2cc(C#N)cc(C(F)(F)F)c2)c2cc(C(F)(F)F)ccc2N1C(=O)OCC(C)(C)C(=O)O. The van der Waals surface area contributed by atoms with Crippen molar-refractivity contribution in [1.29, 1.82) is 5.26 Å². The Hall–Kier alpha value is -5.04. The highest BCUT2D eigenvalue weighted by Crippen LogP contribution is 2.44. The number of aliphatic carboxylic acids is 1. The molecule has 1 saturated heterocycles. The highest BCUT2D eigenvalue weighted by molar-refractivity contribution is 5.91. The lowest BCUT2D eigenvalue weighted by atomic mass is 9.88. The molecule has 52 heavy (non-hydrogen) atoms. The molecular formula is C36H37F6N5O5. The average Bonchev–Trinajstić information content (AvgIpc) is 3.10. The van der Waals surface area contributed by atoms with Crippen LogP contribution in [0.1, 0.15) is 73.0 Å². The number of halogens is 6. The summed E-state index contributed by atoms with van der Waals surface area (Å²) in [5.41, 5.74) is -2.14. The molecule has 0 saturated carbocycles. The van der Waals surface area contributed by atoms with Crippen LogP contribution in [0.25, 0.3) is 0 Å². The van der Waals surface area contributed by atoms with E-state index in [2.05, 4.69) is 10.3 Å². The third-order valence-corrected chi connectivity index (χ3v) is 9.15. The number of carboxylic acid groups (broad SMARTS) is 1. The molecule has 278 valence electrons. The number of pyridine rings is 1. The fraction of sp³-hybridized carbons (Fsp3) is 0.444. The molecule has 1 amide bonds. The average molecular weight is 734 g/mol. The summed E-state index contributed by atoms with van der Waals surface area (Å²) in [6, 6.07) is 8.02. The Labute approximate surface area is 295 Å². The Morgan fingerprint density at radius 2 is 1.73 bits per heavy atom. The zero-order valence-corrected chi connectivity index (χ0v) is 28.6. The van der Waals surface area contributed by atoms with E-state index in [0.717, 1.165) is 24.3 Å². The predicted molar refractivity (Wildman–Crippen MR) is 178 cm³/mol. The maximum absolute atomic E-state index is 14.0. The first-order valence-electron chi connectivity index (χ1n) is 16.5. The molecule has 0 spiro atoms. The van der Waals surface area contributed by atoms with Crippen LogP contribution in [0, 0.1) is 16.7 Å². The number of hydrogen-bond donors (Lipinski definition) is 2. The molecule has 2 N–H and O–H groups in total. The van der Waals surface area contributed by atoms with E-state index >= 15 is 0 Å². The van der Waals surface area contributed by atoms with E-state index in [1.807, 2.05) is 4.90 Å². The number of carboxylic acids is 1. The van der Waals surface area contributed by atoms with Crippen molar-refractivity contribution in [3.63, 3.8) is 0 Å². The Kier molecular flexibility index (Phi) is 10.9. The Bertz CT molecular complexity index is 1850. The molecule has 5 rings (SSSR count). The fourth-order valence-corrected chi connectivity index (χ4v) is 6.20. The standard InChI is InChI=1S/C36H37F6N5O5/c1-4-26-17-29(28-16-24(35(37,38)39)5-6-30(28)47(26)33(50)52-20-34(2,3)32(48)49)45-31-23(15-27(19-44-31)46-7-9-51-10-8-46)12-21-11-22(18-43)14-25(13-21)36(40,41)42/h5-6,11,13-16,19,26,29H,4,7-10,12,17,20H2,1-3H3,(H,44,45)(H,48,49)/t26-,29+/m1/s1. The summed E-state index contributed by atoms with van der Waals surface area (Å²) in [5, 5.41) is 22.2. The minimum absolute atomic E-state index is 0.0801. The number of morpholine rings is 1. The zero-order valence-electron chi connectivity index (χ0n) is 28.6. The summed E-state index contributed by atoms with van der Waals surface area (Å²) in [4.78, 5) is 32.9. The van der Waals surface area contributed by atoms with Gasteiger partial charge in [0.2, 0.25) is 0 Å². The molecule has 16 heteroatoms. The third-order valence-electron chi connectivity index (χ3n) is 9.15. The number of rotatable bonds is 9. The topological polar surface area (TPSA) is 128 Å². The molecule has 10 nitrogen and oxygen atoms in total. The van der Waals surface area contributed by atoms with Gasteiger partial charge in [-0.2, -0.15) is 31.6 Å². The summed E-state index contributed by atoms with van der Waals surface area (Å²) in [6.07, 6.45) is -8.50. The minimum atomic E-state index is -4.73. The van der Waals surface area contributed by atoms with Gasteiger partial charge in [-0.05, 0) is 80.3 Å². The Balaban J connectivity index is 1.57. The molecule has 1 aromatic heterocycles. The van der Waals surface area contributed by atoms with Gasteiger partial charge in [0.05, 0.1) is 65.0 Å². The van der Waals surface area contributed by atoms with Crippen LogP contribution >= 0.6 is 0 Å². The Morgan fingerprint density at radius 3 is 2.35 bits per heavy atom. The number of amides is 1. The van der Waals surface area contributed by atoms with Crippen LogP contribution in [-0.2, 0) is 33.0 Å². The maximum atomic E-state index is 14.0. The minimum Gasteiger partial charge on any atom is -0.481 e. The van der Waals surface area contributed by atoms with Gasteiger partial charge in [0.1, 0.15) is 12.4 Å². The first-order chi connectivity index (χ1) is 24.4. The van der Waals surface area contributed by atoms with Gasteiger partial charge in [0.25, 0.3) is 0 Å². The number of anilines is 3. The lowest BCUT2D eigenvalue weighted by Gasteiger charge is -2.41. The predicted octanol–water partition coefficient (Wildman–Crippen LogP) is 7.81. The van der Waals surface area contributed by atoms with E-state index < -0.39 is 59.6 Å². The van der Waals surface area contributed by atoms with E-state index in [1.165, 1.54) is 30.9 Å². The van der Waals surface area contributed by atoms with Crippen molar-refractivity contribution in [2.45, 2.75) is 64.5 Å². The van der Waals surface area contributed by atoms with Crippen LogP contribution < -0.4 is 15.1 Å². The van der Waals surface area contributed by atoms with Gasteiger partial charge in [-0.3, -0.25) is 9.69 Å². The molecular weight excluding hydrogens is 696 g/mol. The van der Waals surface area contributed by atoms with Crippen molar-refractivity contribution >= 4 is 29.3 Å². The van der Waals surface area contributed by atoms with Crippen molar-refractivity contribution < 1.29 is 50.5 Å². The normalized spacial score (nSPS) is 18.0. The number of nitriles is 1. The highest BCUT2D eigenvalue weighted by atomic mass is 19.4. The van der Waals surface area contributed by atoms with Gasteiger partial charge in [-0.1, -0.05) is 6.92 Å². The van der Waals surface area contributed by atoms with Crippen molar-refractivity contribution in [3.8, 4) is 6.07 Å². The molecule has 2 aliphatic rings. The maximum Gasteiger partial charge on any atom is 0.416 e. The molecule has 0 bridgehead atoms. The number of aromatic nitrogens is 1. The molecule has 0 unspecified atom stereocenters.